The number of nitrogens with two attached hydrogens (primary N) is 1. The highest BCUT2D eigenvalue weighted by Gasteiger charge is 2.11. The van der Waals surface area contributed by atoms with E-state index in [0.29, 0.717) is 12.4 Å². The Hall–Kier alpha value is -1.84. The number of anilines is 1. The fraction of sp³-hybridized carbons (Fsp3) is 0.273. The van der Waals surface area contributed by atoms with Gasteiger partial charge in [0.25, 0.3) is 0 Å². The molecule has 0 unspecified atom stereocenters. The second-order valence-corrected chi connectivity index (χ2v) is 3.31. The monoisotopic (exact) mass is 205 g/mol. The van der Waals surface area contributed by atoms with Gasteiger partial charge in [-0.15, -0.1) is 0 Å². The van der Waals surface area contributed by atoms with E-state index < -0.39 is 0 Å². The molecule has 15 heavy (non-hydrogen) atoms. The van der Waals surface area contributed by atoms with Crippen LogP contribution in [0.15, 0.2) is 36.2 Å². The van der Waals surface area contributed by atoms with Crippen LogP contribution in [0, 0.1) is 0 Å². The summed E-state index contributed by atoms with van der Waals surface area (Å²) in [6.07, 6.45) is 1.94. The van der Waals surface area contributed by atoms with Crippen LogP contribution in [0.5, 0.6) is 5.75 Å². The van der Waals surface area contributed by atoms with E-state index in [4.69, 9.17) is 10.5 Å². The molecule has 0 aromatic heterocycles. The number of benzene rings is 1. The lowest BCUT2D eigenvalue weighted by molar-refractivity contribution is 0.340. The van der Waals surface area contributed by atoms with Crippen LogP contribution in [0.2, 0.25) is 0 Å². The van der Waals surface area contributed by atoms with Crippen molar-refractivity contribution in [1.82, 2.24) is 5.43 Å². The topological polar surface area (TPSA) is 50.5 Å². The third-order valence-electron chi connectivity index (χ3n) is 2.20. The molecule has 1 aliphatic heterocycles. The van der Waals surface area contributed by atoms with Crippen LogP contribution in [-0.4, -0.2) is 13.2 Å². The summed E-state index contributed by atoms with van der Waals surface area (Å²) in [5.41, 5.74) is 9.75. The largest absolute Gasteiger partial charge is 0.494 e. The molecule has 80 valence electrons. The molecule has 0 atom stereocenters. The van der Waals surface area contributed by atoms with Crippen molar-refractivity contribution in [3.05, 3.63) is 36.2 Å². The van der Waals surface area contributed by atoms with Crippen molar-refractivity contribution in [3.8, 4) is 5.75 Å². The molecule has 0 spiro atoms. The summed E-state index contributed by atoms with van der Waals surface area (Å²) in [5.74, 6) is 1.57. The highest BCUT2D eigenvalue weighted by molar-refractivity contribution is 5.51. The lowest BCUT2D eigenvalue weighted by atomic mass is 10.3. The fourth-order valence-corrected chi connectivity index (χ4v) is 1.51. The summed E-state index contributed by atoms with van der Waals surface area (Å²) >= 11 is 0. The predicted octanol–water partition coefficient (Wildman–Crippen LogP) is 1.21. The Balaban J connectivity index is 2.11. The van der Waals surface area contributed by atoms with Crippen molar-refractivity contribution in [2.75, 3.05) is 18.2 Å². The SMILES string of the molecule is CCOc1cccc(N2CC=C(N)N2)c1. The number of hydrogen-bond acceptors (Lipinski definition) is 4. The Labute approximate surface area is 89.3 Å². The highest BCUT2D eigenvalue weighted by Crippen LogP contribution is 2.21. The highest BCUT2D eigenvalue weighted by atomic mass is 16.5. The summed E-state index contributed by atoms with van der Waals surface area (Å²) in [7, 11) is 0. The number of ether oxygens (including phenoxy) is 1. The van der Waals surface area contributed by atoms with Crippen molar-refractivity contribution in [3.63, 3.8) is 0 Å². The molecule has 0 aliphatic carbocycles. The van der Waals surface area contributed by atoms with Gasteiger partial charge in [0.15, 0.2) is 0 Å². The van der Waals surface area contributed by atoms with E-state index in [0.717, 1.165) is 18.0 Å². The molecule has 0 fully saturated rings. The smallest absolute Gasteiger partial charge is 0.121 e. The summed E-state index contributed by atoms with van der Waals surface area (Å²) in [5, 5.41) is 1.97. The molecule has 4 nitrogen and oxygen atoms in total. The molecule has 0 saturated carbocycles. The van der Waals surface area contributed by atoms with Crippen LogP contribution in [0.25, 0.3) is 0 Å². The maximum Gasteiger partial charge on any atom is 0.121 e. The minimum Gasteiger partial charge on any atom is -0.494 e. The Morgan fingerprint density at radius 2 is 2.40 bits per heavy atom. The van der Waals surface area contributed by atoms with Gasteiger partial charge in [-0.05, 0) is 25.1 Å². The van der Waals surface area contributed by atoms with E-state index in [-0.39, 0.29) is 0 Å². The first kappa shape index (κ1) is 9.71. The van der Waals surface area contributed by atoms with Crippen molar-refractivity contribution in [1.29, 1.82) is 0 Å². The van der Waals surface area contributed by atoms with E-state index in [2.05, 4.69) is 5.43 Å². The number of hydrogen-bond donors (Lipinski definition) is 2. The molecule has 1 aromatic carbocycles. The molecule has 2 rings (SSSR count). The molecular formula is C11H15N3O. The molecule has 1 aliphatic rings. The zero-order chi connectivity index (χ0) is 10.7. The Morgan fingerprint density at radius 1 is 1.53 bits per heavy atom. The van der Waals surface area contributed by atoms with E-state index in [1.807, 2.05) is 42.3 Å². The minimum absolute atomic E-state index is 0.678. The molecule has 0 amide bonds. The lowest BCUT2D eigenvalue weighted by Gasteiger charge is -2.19. The lowest BCUT2D eigenvalue weighted by Crippen LogP contribution is -2.33. The van der Waals surface area contributed by atoms with Gasteiger partial charge >= 0.3 is 0 Å². The molecule has 1 aromatic rings. The van der Waals surface area contributed by atoms with E-state index in [9.17, 15) is 0 Å². The van der Waals surface area contributed by atoms with Gasteiger partial charge in [-0.1, -0.05) is 6.07 Å². The second-order valence-electron chi connectivity index (χ2n) is 3.31. The molecule has 4 heteroatoms. The quantitative estimate of drug-likeness (QED) is 0.778. The first-order chi connectivity index (χ1) is 7.29. The average molecular weight is 205 g/mol. The zero-order valence-electron chi connectivity index (χ0n) is 8.73. The zero-order valence-corrected chi connectivity index (χ0v) is 8.73. The maximum absolute atomic E-state index is 5.64. The molecule has 0 radical (unpaired) electrons. The van der Waals surface area contributed by atoms with Gasteiger partial charge in [0.2, 0.25) is 0 Å². The molecule has 3 N–H and O–H groups in total. The van der Waals surface area contributed by atoms with E-state index in [1.165, 1.54) is 0 Å². The summed E-state index contributed by atoms with van der Waals surface area (Å²) in [6, 6.07) is 7.92. The van der Waals surface area contributed by atoms with Crippen molar-refractivity contribution < 1.29 is 4.74 Å². The predicted molar refractivity (Wildman–Crippen MR) is 60.4 cm³/mol. The van der Waals surface area contributed by atoms with E-state index in [1.54, 1.807) is 0 Å². The third-order valence-corrected chi connectivity index (χ3v) is 2.20. The van der Waals surface area contributed by atoms with Gasteiger partial charge in [-0.3, -0.25) is 10.4 Å². The maximum atomic E-state index is 5.64. The van der Waals surface area contributed by atoms with Gasteiger partial charge in [0.1, 0.15) is 11.6 Å². The minimum atomic E-state index is 0.678. The summed E-state index contributed by atoms with van der Waals surface area (Å²) < 4.78 is 5.43. The molecule has 0 bridgehead atoms. The van der Waals surface area contributed by atoms with Crippen LogP contribution >= 0.6 is 0 Å². The normalized spacial score (nSPS) is 14.7. The third kappa shape index (κ3) is 2.15. The van der Waals surface area contributed by atoms with Crippen LogP contribution in [0.1, 0.15) is 6.92 Å². The summed E-state index contributed by atoms with van der Waals surface area (Å²) in [6.45, 7) is 3.43. The molecule has 0 saturated heterocycles. The van der Waals surface area contributed by atoms with Crippen LogP contribution in [-0.2, 0) is 0 Å². The standard InChI is InChI=1S/C11H15N3O/c1-2-15-10-5-3-4-9(8-10)14-7-6-11(12)13-14/h3-6,8,13H,2,7,12H2,1H3. The van der Waals surface area contributed by atoms with Gasteiger partial charge in [-0.2, -0.15) is 0 Å². The Kier molecular flexibility index (Phi) is 2.67. The number of nitrogens with one attached hydrogen (secondary N) is 1. The van der Waals surface area contributed by atoms with Crippen LogP contribution < -0.4 is 20.9 Å². The van der Waals surface area contributed by atoms with Crippen LogP contribution in [0.3, 0.4) is 0 Å². The van der Waals surface area contributed by atoms with Crippen LogP contribution in [0.4, 0.5) is 5.69 Å². The van der Waals surface area contributed by atoms with Gasteiger partial charge in [-0.25, -0.2) is 0 Å². The summed E-state index contributed by atoms with van der Waals surface area (Å²) in [4.78, 5) is 0. The average Bonchev–Trinajstić information content (AvgIpc) is 2.66. The Bertz CT molecular complexity index is 376. The number of rotatable bonds is 3. The Morgan fingerprint density at radius 3 is 3.07 bits per heavy atom. The van der Waals surface area contributed by atoms with Crippen molar-refractivity contribution in [2.45, 2.75) is 6.92 Å². The fourth-order valence-electron chi connectivity index (χ4n) is 1.51. The van der Waals surface area contributed by atoms with Crippen molar-refractivity contribution >= 4 is 5.69 Å². The second kappa shape index (κ2) is 4.13. The number of hydrazine groups is 1. The number of nitrogens with zero attached hydrogens (tertiary/aromatic N) is 1. The molecular weight excluding hydrogens is 190 g/mol. The van der Waals surface area contributed by atoms with Gasteiger partial charge in [0, 0.05) is 6.07 Å². The van der Waals surface area contributed by atoms with Gasteiger partial charge in [0.05, 0.1) is 18.8 Å². The van der Waals surface area contributed by atoms with E-state index >= 15 is 0 Å². The first-order valence-corrected chi connectivity index (χ1v) is 5.02. The first-order valence-electron chi connectivity index (χ1n) is 5.02. The molecule has 1 heterocycles. The van der Waals surface area contributed by atoms with Crippen molar-refractivity contribution in [2.24, 2.45) is 5.73 Å². The van der Waals surface area contributed by atoms with Gasteiger partial charge < -0.3 is 10.5 Å².